The van der Waals surface area contributed by atoms with Gasteiger partial charge in [0.15, 0.2) is 0 Å². The van der Waals surface area contributed by atoms with Gasteiger partial charge in [0.2, 0.25) is 29.5 Å². The van der Waals surface area contributed by atoms with Gasteiger partial charge in [0.05, 0.1) is 25.2 Å². The van der Waals surface area contributed by atoms with E-state index >= 15 is 0 Å². The molecule has 0 fully saturated rings. The Morgan fingerprint density at radius 2 is 1.24 bits per heavy atom. The topological polar surface area (TPSA) is 342 Å². The normalized spacial score (nSPS) is 13.7. The van der Waals surface area contributed by atoms with Crippen LogP contribution in [0.2, 0.25) is 0 Å². The summed E-state index contributed by atoms with van der Waals surface area (Å²) in [5, 5.41) is 42.8. The molecule has 0 saturated carbocycles. The minimum Gasteiger partial charge on any atom is -0.481 e. The molecule has 0 heterocycles. The molecule has 0 spiro atoms. The van der Waals surface area contributed by atoms with E-state index in [-0.39, 0.29) is 45.1 Å². The molecule has 23 heteroatoms. The van der Waals surface area contributed by atoms with Crippen LogP contribution in [0.15, 0.2) is 0 Å². The van der Waals surface area contributed by atoms with Crippen molar-refractivity contribution >= 4 is 57.6 Å². The highest BCUT2D eigenvalue weighted by atomic mass is 32.2. The molecule has 0 aromatic heterocycles. The maximum absolute atomic E-state index is 12.8. The van der Waals surface area contributed by atoms with Gasteiger partial charge in [-0.3, -0.25) is 33.3 Å². The lowest BCUT2D eigenvalue weighted by Gasteiger charge is -2.25. The molecular weight excluding hydrogens is 756 g/mol. The molecule has 0 radical (unpaired) electrons. The molecule has 0 aliphatic carbocycles. The third-order valence-corrected chi connectivity index (χ3v) is 8.53. The minimum atomic E-state index is -4.86. The number of nitrogens with one attached hydrogen (secondary N) is 6. The van der Waals surface area contributed by atoms with E-state index in [4.69, 9.17) is 9.47 Å². The van der Waals surface area contributed by atoms with Crippen LogP contribution >= 0.6 is 0 Å². The fraction of sp³-hybridized carbons (Fsp3) is 0.750. The van der Waals surface area contributed by atoms with Gasteiger partial charge in [0, 0.05) is 38.4 Å². The van der Waals surface area contributed by atoms with Gasteiger partial charge in [-0.15, -0.1) is 0 Å². The van der Waals surface area contributed by atoms with E-state index in [0.717, 1.165) is 0 Å². The molecule has 5 amide bonds. The van der Waals surface area contributed by atoms with Crippen LogP contribution in [0.1, 0.15) is 65.7 Å². The Balaban J connectivity index is 4.58. The largest absolute Gasteiger partial charge is 0.481 e. The second-order valence-electron chi connectivity index (χ2n) is 13.2. The van der Waals surface area contributed by atoms with Crippen LogP contribution in [-0.4, -0.2) is 153 Å². The van der Waals surface area contributed by atoms with Gasteiger partial charge in [-0.1, -0.05) is 6.92 Å². The molecule has 0 aliphatic rings. The molecule has 0 aliphatic heterocycles. The van der Waals surface area contributed by atoms with Crippen LogP contribution in [0.25, 0.3) is 0 Å². The summed E-state index contributed by atoms with van der Waals surface area (Å²) in [5.74, 6) is -9.93. The van der Waals surface area contributed by atoms with E-state index in [2.05, 4.69) is 26.6 Å². The van der Waals surface area contributed by atoms with E-state index in [1.54, 1.807) is 7.05 Å². The number of carbonyl (C=O) groups is 8. The molecule has 0 bridgehead atoms. The van der Waals surface area contributed by atoms with Crippen molar-refractivity contribution in [2.24, 2.45) is 11.3 Å². The summed E-state index contributed by atoms with van der Waals surface area (Å²) in [5.41, 5.74) is -1.35. The van der Waals surface area contributed by atoms with Crippen LogP contribution in [0, 0.1) is 11.3 Å². The Morgan fingerprint density at radius 3 is 1.82 bits per heavy atom. The zero-order valence-corrected chi connectivity index (χ0v) is 32.3. The third kappa shape index (κ3) is 24.6. The summed E-state index contributed by atoms with van der Waals surface area (Å²) in [7, 11) is -3.13. The first-order chi connectivity index (χ1) is 25.6. The van der Waals surface area contributed by atoms with Crippen molar-refractivity contribution in [1.82, 2.24) is 31.9 Å². The number of aliphatic carboxylic acids is 3. The van der Waals surface area contributed by atoms with E-state index in [1.807, 2.05) is 5.32 Å². The van der Waals surface area contributed by atoms with Crippen LogP contribution < -0.4 is 31.9 Å². The van der Waals surface area contributed by atoms with Crippen molar-refractivity contribution in [3.8, 4) is 0 Å². The molecular formula is C32H56N6O16S. The third-order valence-electron chi connectivity index (χ3n) is 7.78. The second kappa shape index (κ2) is 26.4. The van der Waals surface area contributed by atoms with Crippen molar-refractivity contribution in [3.05, 3.63) is 0 Å². The quantitative estimate of drug-likeness (QED) is 0.0255. The van der Waals surface area contributed by atoms with Gasteiger partial charge < -0.3 is 56.7 Å². The summed E-state index contributed by atoms with van der Waals surface area (Å²) in [6.45, 7) is 4.50. The first-order valence-corrected chi connectivity index (χ1v) is 19.1. The molecule has 4 atom stereocenters. The predicted octanol–water partition coefficient (Wildman–Crippen LogP) is -2.54. The highest BCUT2D eigenvalue weighted by Gasteiger charge is 2.35. The smallest absolute Gasteiger partial charge is 0.326 e. The number of hydrogen-bond donors (Lipinski definition) is 10. The molecule has 0 rings (SSSR count). The maximum atomic E-state index is 12.8. The lowest BCUT2D eigenvalue weighted by Crippen LogP contribution is -2.55. The number of carboxylic acid groups (broad SMARTS) is 3. The van der Waals surface area contributed by atoms with Crippen LogP contribution in [0.3, 0.4) is 0 Å². The van der Waals surface area contributed by atoms with Crippen molar-refractivity contribution in [2.75, 3.05) is 58.9 Å². The Morgan fingerprint density at radius 1 is 0.673 bits per heavy atom. The summed E-state index contributed by atoms with van der Waals surface area (Å²) in [4.78, 5) is 96.0. The average Bonchev–Trinajstić information content (AvgIpc) is 3.07. The molecule has 22 nitrogen and oxygen atoms in total. The Hall–Kier alpha value is -4.45. The number of carbonyl (C=O) groups excluding carboxylic acids is 5. The summed E-state index contributed by atoms with van der Waals surface area (Å²) in [6.07, 6.45) is 0.416. The van der Waals surface area contributed by atoms with Gasteiger partial charge in [0.25, 0.3) is 10.1 Å². The molecule has 4 unspecified atom stereocenters. The standard InChI is InChI=1S/C32H56N6O16S/c1-20(17-32(2,3)31(48)49)27(42)38-23(19-55(50,51)52)28(43)37-22(30(46)47)8-9-24(39)35-13-14-53-15-16-54-18-26(41)36-21(29(44)45)7-5-6-11-34-25(40)10-12-33-4/h20-23,33H,5-19H2,1-4H3,(H,34,40)(H,35,39)(H,36,41)(H,37,43)(H,38,42)(H,44,45)(H,46,47)(H,48,49)(H,50,51,52). The number of unbranched alkanes of at least 4 members (excludes halogenated alkanes) is 1. The van der Waals surface area contributed by atoms with Gasteiger partial charge >= 0.3 is 17.9 Å². The van der Waals surface area contributed by atoms with Gasteiger partial charge in [-0.25, -0.2) is 9.59 Å². The molecule has 10 N–H and O–H groups in total. The summed E-state index contributed by atoms with van der Waals surface area (Å²) >= 11 is 0. The molecule has 0 aromatic carbocycles. The minimum absolute atomic E-state index is 0.00346. The fourth-order valence-corrected chi connectivity index (χ4v) is 5.37. The van der Waals surface area contributed by atoms with Crippen molar-refractivity contribution < 1.29 is 76.1 Å². The summed E-state index contributed by atoms with van der Waals surface area (Å²) in [6, 6.07) is -4.78. The number of hydrogen-bond acceptors (Lipinski definition) is 13. The van der Waals surface area contributed by atoms with Crippen LogP contribution in [0.5, 0.6) is 0 Å². The van der Waals surface area contributed by atoms with Crippen molar-refractivity contribution in [1.29, 1.82) is 0 Å². The predicted molar refractivity (Wildman–Crippen MR) is 192 cm³/mol. The number of carboxylic acids is 3. The van der Waals surface area contributed by atoms with Crippen molar-refractivity contribution in [2.45, 2.75) is 83.8 Å². The summed E-state index contributed by atoms with van der Waals surface area (Å²) < 4.78 is 42.8. The van der Waals surface area contributed by atoms with Gasteiger partial charge in [-0.2, -0.15) is 8.42 Å². The zero-order valence-electron chi connectivity index (χ0n) is 31.5. The Bertz CT molecular complexity index is 1410. The molecule has 316 valence electrons. The number of rotatable bonds is 31. The molecule has 0 saturated heterocycles. The van der Waals surface area contributed by atoms with Gasteiger partial charge in [-0.05, 0) is 53.0 Å². The van der Waals surface area contributed by atoms with E-state index in [1.165, 1.54) is 20.8 Å². The molecule has 0 aromatic rings. The SMILES string of the molecule is CNCCC(=O)NCCCCC(NC(=O)COCCOCCNC(=O)CCC(NC(=O)C(CS(=O)(=O)O)NC(=O)C(C)CC(C)(C)C(=O)O)C(=O)O)C(=O)O. The fourth-order valence-electron chi connectivity index (χ4n) is 4.72. The lowest BCUT2D eigenvalue weighted by atomic mass is 9.83. The highest BCUT2D eigenvalue weighted by molar-refractivity contribution is 7.85. The lowest BCUT2D eigenvalue weighted by molar-refractivity contribution is -0.148. The van der Waals surface area contributed by atoms with Crippen LogP contribution in [0.4, 0.5) is 0 Å². The second-order valence-corrected chi connectivity index (χ2v) is 14.7. The van der Waals surface area contributed by atoms with E-state index in [0.29, 0.717) is 32.4 Å². The van der Waals surface area contributed by atoms with E-state index in [9.17, 15) is 66.6 Å². The van der Waals surface area contributed by atoms with Gasteiger partial charge in [0.1, 0.15) is 30.5 Å². The molecule has 55 heavy (non-hydrogen) atoms. The first kappa shape index (κ1) is 50.5. The number of amides is 5. The van der Waals surface area contributed by atoms with Crippen LogP contribution in [-0.2, 0) is 57.9 Å². The Kier molecular flexibility index (Phi) is 24.2. The average molecular weight is 813 g/mol. The first-order valence-electron chi connectivity index (χ1n) is 17.5. The van der Waals surface area contributed by atoms with Crippen molar-refractivity contribution in [3.63, 3.8) is 0 Å². The highest BCUT2D eigenvalue weighted by Crippen LogP contribution is 2.25. The maximum Gasteiger partial charge on any atom is 0.326 e. The Labute approximate surface area is 319 Å². The monoisotopic (exact) mass is 812 g/mol. The van der Waals surface area contributed by atoms with E-state index < -0.39 is 106 Å². The number of ether oxygens (including phenoxy) is 2. The zero-order chi connectivity index (χ0) is 42.2.